The molecule has 164 valence electrons. The number of ether oxygens (including phenoxy) is 1. The lowest BCUT2D eigenvalue weighted by Gasteiger charge is -2.13. The maximum Gasteiger partial charge on any atom is 0.418 e. The van der Waals surface area contributed by atoms with E-state index >= 15 is 0 Å². The first-order valence-electron chi connectivity index (χ1n) is 9.19. The van der Waals surface area contributed by atoms with Gasteiger partial charge in [0.15, 0.2) is 5.16 Å². The minimum atomic E-state index is -4.57. The van der Waals surface area contributed by atoms with E-state index in [4.69, 9.17) is 4.74 Å². The van der Waals surface area contributed by atoms with Crippen LogP contribution in [-0.2, 0) is 24.1 Å². The van der Waals surface area contributed by atoms with E-state index in [1.165, 1.54) is 18.2 Å². The highest BCUT2D eigenvalue weighted by Gasteiger charge is 2.33. The molecule has 0 spiro atoms. The number of hydrogen-bond acceptors (Lipinski definition) is 5. The van der Waals surface area contributed by atoms with Crippen molar-refractivity contribution in [2.24, 2.45) is 0 Å². The number of para-hydroxylation sites is 1. The quantitative estimate of drug-likeness (QED) is 0.503. The number of nitrogens with one attached hydrogen (secondary N) is 1. The number of benzene rings is 2. The van der Waals surface area contributed by atoms with E-state index in [0.29, 0.717) is 17.4 Å². The second kappa shape index (κ2) is 9.88. The number of methoxy groups -OCH3 is 1. The molecule has 0 aliphatic rings. The van der Waals surface area contributed by atoms with Gasteiger partial charge < -0.3 is 19.7 Å². The summed E-state index contributed by atoms with van der Waals surface area (Å²) in [5.74, 6) is -0.0152. The number of carbonyl (C=O) groups is 1. The molecule has 0 unspecified atom stereocenters. The molecule has 10 heteroatoms. The van der Waals surface area contributed by atoms with Gasteiger partial charge in [-0.25, -0.2) is 4.98 Å². The molecule has 3 rings (SSSR count). The summed E-state index contributed by atoms with van der Waals surface area (Å²) in [4.78, 5) is 16.6. The zero-order valence-corrected chi connectivity index (χ0v) is 17.3. The van der Waals surface area contributed by atoms with Gasteiger partial charge in [-0.05, 0) is 29.8 Å². The molecule has 31 heavy (non-hydrogen) atoms. The average Bonchev–Trinajstić information content (AvgIpc) is 3.14. The van der Waals surface area contributed by atoms with E-state index in [1.54, 1.807) is 17.9 Å². The molecular formula is C21H20F3N3O3S. The fraction of sp³-hybridized carbons (Fsp3) is 0.238. The van der Waals surface area contributed by atoms with Crippen LogP contribution in [0, 0.1) is 0 Å². The lowest BCUT2D eigenvalue weighted by molar-refractivity contribution is -0.137. The van der Waals surface area contributed by atoms with Crippen LogP contribution in [-0.4, -0.2) is 33.4 Å². The van der Waals surface area contributed by atoms with Gasteiger partial charge in [-0.1, -0.05) is 36.0 Å². The van der Waals surface area contributed by atoms with Gasteiger partial charge in [0.25, 0.3) is 0 Å². The SMILES string of the molecule is COc1ccc(Cn2cc(CO)nc2SCC(=O)Nc2ccccc2C(F)(F)F)cc1. The lowest BCUT2D eigenvalue weighted by Crippen LogP contribution is -2.18. The number of aliphatic hydroxyl groups excluding tert-OH is 1. The third-order valence-corrected chi connectivity index (χ3v) is 5.29. The maximum atomic E-state index is 13.1. The molecule has 0 aliphatic heterocycles. The number of imidazole rings is 1. The highest BCUT2D eigenvalue weighted by atomic mass is 32.2. The smallest absolute Gasteiger partial charge is 0.418 e. The Hall–Kier alpha value is -2.98. The topological polar surface area (TPSA) is 76.4 Å². The molecule has 6 nitrogen and oxygen atoms in total. The summed E-state index contributed by atoms with van der Waals surface area (Å²) >= 11 is 1.07. The monoisotopic (exact) mass is 451 g/mol. The van der Waals surface area contributed by atoms with Crippen LogP contribution in [0.3, 0.4) is 0 Å². The number of nitrogens with zero attached hydrogens (tertiary/aromatic N) is 2. The molecule has 0 saturated heterocycles. The van der Waals surface area contributed by atoms with Crippen LogP contribution in [0.25, 0.3) is 0 Å². The van der Waals surface area contributed by atoms with Gasteiger partial charge >= 0.3 is 6.18 Å². The molecule has 0 radical (unpaired) electrons. The van der Waals surface area contributed by atoms with E-state index < -0.39 is 17.6 Å². The van der Waals surface area contributed by atoms with Gasteiger partial charge in [-0.2, -0.15) is 13.2 Å². The van der Waals surface area contributed by atoms with Crippen LogP contribution in [0.2, 0.25) is 0 Å². The number of halogens is 3. The van der Waals surface area contributed by atoms with Gasteiger partial charge in [0, 0.05) is 12.7 Å². The van der Waals surface area contributed by atoms with Crippen LogP contribution in [0.5, 0.6) is 5.75 Å². The molecule has 0 saturated carbocycles. The average molecular weight is 451 g/mol. The van der Waals surface area contributed by atoms with E-state index in [-0.39, 0.29) is 18.0 Å². The standard InChI is InChI=1S/C21H20F3N3O3S/c1-30-16-8-6-14(7-9-16)10-27-11-15(12-28)25-20(27)31-13-19(29)26-18-5-3-2-4-17(18)21(22,23)24/h2-9,11,28H,10,12-13H2,1H3,(H,26,29). The molecule has 3 aromatic rings. The van der Waals surface area contributed by atoms with Crippen molar-refractivity contribution in [3.8, 4) is 5.75 Å². The molecule has 0 fully saturated rings. The minimum Gasteiger partial charge on any atom is -0.497 e. The number of aromatic nitrogens is 2. The van der Waals surface area contributed by atoms with E-state index in [9.17, 15) is 23.1 Å². The number of thioether (sulfide) groups is 1. The minimum absolute atomic E-state index is 0.142. The first kappa shape index (κ1) is 22.7. The van der Waals surface area contributed by atoms with Crippen LogP contribution in [0.15, 0.2) is 59.9 Å². The number of carbonyl (C=O) groups excluding carboxylic acids is 1. The van der Waals surface area contributed by atoms with Crippen molar-refractivity contribution < 1.29 is 27.8 Å². The predicted molar refractivity (Wildman–Crippen MR) is 111 cm³/mol. The molecule has 2 N–H and O–H groups in total. The van der Waals surface area contributed by atoms with Gasteiger partial charge in [0.05, 0.1) is 36.4 Å². The molecule has 2 aromatic carbocycles. The fourth-order valence-electron chi connectivity index (χ4n) is 2.84. The van der Waals surface area contributed by atoms with Crippen molar-refractivity contribution in [3.63, 3.8) is 0 Å². The van der Waals surface area contributed by atoms with Crippen LogP contribution < -0.4 is 10.1 Å². The summed E-state index contributed by atoms with van der Waals surface area (Å²) < 4.78 is 46.2. The predicted octanol–water partition coefficient (Wildman–Crippen LogP) is 4.18. The molecule has 0 atom stereocenters. The normalized spacial score (nSPS) is 11.4. The highest BCUT2D eigenvalue weighted by Crippen LogP contribution is 2.34. The largest absolute Gasteiger partial charge is 0.497 e. The van der Waals surface area contributed by atoms with E-state index in [0.717, 1.165) is 29.1 Å². The third kappa shape index (κ3) is 6.02. The number of anilines is 1. The van der Waals surface area contributed by atoms with Gasteiger partial charge in [-0.15, -0.1) is 0 Å². The Balaban J connectivity index is 1.69. The van der Waals surface area contributed by atoms with Crippen molar-refractivity contribution >= 4 is 23.4 Å². The highest BCUT2D eigenvalue weighted by molar-refractivity contribution is 7.99. The fourth-order valence-corrected chi connectivity index (χ4v) is 3.64. The Labute approximate surface area is 181 Å². The van der Waals surface area contributed by atoms with Crippen LogP contribution in [0.4, 0.5) is 18.9 Å². The lowest BCUT2D eigenvalue weighted by atomic mass is 10.1. The van der Waals surface area contributed by atoms with Gasteiger partial charge in [-0.3, -0.25) is 4.79 Å². The number of hydrogen-bond donors (Lipinski definition) is 2. The Morgan fingerprint density at radius 2 is 1.90 bits per heavy atom. The number of aliphatic hydroxyl groups is 1. The summed E-state index contributed by atoms with van der Waals surface area (Å²) in [6, 6.07) is 12.2. The zero-order chi connectivity index (χ0) is 22.4. The van der Waals surface area contributed by atoms with Crippen molar-refractivity contribution in [1.82, 2.24) is 9.55 Å². The van der Waals surface area contributed by atoms with Gasteiger partial charge in [0.2, 0.25) is 5.91 Å². The van der Waals surface area contributed by atoms with E-state index in [2.05, 4.69) is 10.3 Å². The maximum absolute atomic E-state index is 13.1. The Morgan fingerprint density at radius 3 is 2.55 bits per heavy atom. The summed E-state index contributed by atoms with van der Waals surface area (Å²) in [5, 5.41) is 12.2. The first-order valence-corrected chi connectivity index (χ1v) is 10.2. The molecule has 1 aromatic heterocycles. The van der Waals surface area contributed by atoms with Crippen LogP contribution in [0.1, 0.15) is 16.8 Å². The summed E-state index contributed by atoms with van der Waals surface area (Å²) in [6.45, 7) is 0.173. The Kier molecular flexibility index (Phi) is 7.24. The van der Waals surface area contributed by atoms with Gasteiger partial charge in [0.1, 0.15) is 5.75 Å². The molecule has 0 aliphatic carbocycles. The molecular weight excluding hydrogens is 431 g/mol. The van der Waals surface area contributed by atoms with Crippen molar-refractivity contribution in [2.75, 3.05) is 18.2 Å². The molecule has 0 bridgehead atoms. The van der Waals surface area contributed by atoms with Crippen molar-refractivity contribution in [2.45, 2.75) is 24.5 Å². The Bertz CT molecular complexity index is 1040. The summed E-state index contributed by atoms with van der Waals surface area (Å²) in [6.07, 6.45) is -2.90. The second-order valence-corrected chi connectivity index (χ2v) is 7.47. The number of rotatable bonds is 8. The number of alkyl halides is 3. The summed E-state index contributed by atoms with van der Waals surface area (Å²) in [7, 11) is 1.57. The van der Waals surface area contributed by atoms with Crippen molar-refractivity contribution in [1.29, 1.82) is 0 Å². The summed E-state index contributed by atoms with van der Waals surface area (Å²) in [5.41, 5.74) is 0.182. The second-order valence-electron chi connectivity index (χ2n) is 6.53. The van der Waals surface area contributed by atoms with Crippen LogP contribution >= 0.6 is 11.8 Å². The molecule has 1 heterocycles. The number of amides is 1. The van der Waals surface area contributed by atoms with Crippen molar-refractivity contribution in [3.05, 3.63) is 71.5 Å². The third-order valence-electron chi connectivity index (χ3n) is 4.30. The zero-order valence-electron chi connectivity index (χ0n) is 16.5. The Morgan fingerprint density at radius 1 is 1.19 bits per heavy atom. The molecule has 1 amide bonds. The van der Waals surface area contributed by atoms with E-state index in [1.807, 2.05) is 24.3 Å². The first-order chi connectivity index (χ1) is 14.8.